The monoisotopic (exact) mass is 553 g/mol. The largest absolute Gasteiger partial charge is 0.495 e. The highest BCUT2D eigenvalue weighted by molar-refractivity contribution is 14.0. The van der Waals surface area contributed by atoms with Crippen molar-refractivity contribution in [1.29, 1.82) is 0 Å². The summed E-state index contributed by atoms with van der Waals surface area (Å²) in [5.41, 5.74) is 1.84. The number of carbonyl (C=O) groups excluding carboxylic acids is 1. The van der Waals surface area contributed by atoms with Crippen molar-refractivity contribution < 1.29 is 14.3 Å². The Kier molecular flexibility index (Phi) is 10.4. The molecule has 1 amide bonds. The molecule has 1 unspecified atom stereocenters. The summed E-state index contributed by atoms with van der Waals surface area (Å²) in [6.45, 7) is 4.40. The van der Waals surface area contributed by atoms with Crippen LogP contribution in [0.4, 0.5) is 11.4 Å². The molecule has 1 saturated heterocycles. The fourth-order valence-corrected chi connectivity index (χ4v) is 3.58. The molecule has 2 aromatic carbocycles. The van der Waals surface area contributed by atoms with Crippen molar-refractivity contribution in [3.8, 4) is 11.5 Å². The maximum absolute atomic E-state index is 11.2. The van der Waals surface area contributed by atoms with Gasteiger partial charge in [0.1, 0.15) is 18.1 Å². The molecule has 1 fully saturated rings. The van der Waals surface area contributed by atoms with Crippen molar-refractivity contribution in [3.63, 3.8) is 0 Å². The summed E-state index contributed by atoms with van der Waals surface area (Å²) in [5, 5.41) is 9.53. The summed E-state index contributed by atoms with van der Waals surface area (Å²) in [6.07, 6.45) is 1.02. The highest BCUT2D eigenvalue weighted by Gasteiger charge is 2.25. The second-order valence-corrected chi connectivity index (χ2v) is 7.30. The lowest BCUT2D eigenvalue weighted by molar-refractivity contribution is -0.114. The third-order valence-electron chi connectivity index (χ3n) is 5.00. The van der Waals surface area contributed by atoms with E-state index in [-0.39, 0.29) is 29.9 Å². The average molecular weight is 553 g/mol. The normalized spacial score (nSPS) is 15.5. The Balaban J connectivity index is 0.00000363. The third-order valence-corrected chi connectivity index (χ3v) is 5.00. The number of nitrogens with one attached hydrogen (secondary N) is 3. The number of aliphatic imine (C=N–C) groups is 1. The lowest BCUT2D eigenvalue weighted by Gasteiger charge is -2.22. The van der Waals surface area contributed by atoms with E-state index < -0.39 is 0 Å². The lowest BCUT2D eigenvalue weighted by atomic mass is 10.2. The minimum absolute atomic E-state index is 0. The van der Waals surface area contributed by atoms with Gasteiger partial charge in [-0.2, -0.15) is 0 Å². The van der Waals surface area contributed by atoms with Crippen LogP contribution < -0.4 is 30.3 Å². The zero-order valence-electron chi connectivity index (χ0n) is 18.8. The maximum atomic E-state index is 11.2. The van der Waals surface area contributed by atoms with E-state index >= 15 is 0 Å². The van der Waals surface area contributed by atoms with Crippen LogP contribution in [-0.4, -0.2) is 58.3 Å². The van der Waals surface area contributed by atoms with E-state index in [0.717, 1.165) is 42.6 Å². The molecule has 0 aromatic heterocycles. The summed E-state index contributed by atoms with van der Waals surface area (Å²) >= 11 is 0. The average Bonchev–Trinajstić information content (AvgIpc) is 3.24. The highest BCUT2D eigenvalue weighted by Crippen LogP contribution is 2.30. The molecule has 1 aliphatic rings. The van der Waals surface area contributed by atoms with Crippen LogP contribution in [0.2, 0.25) is 0 Å². The van der Waals surface area contributed by atoms with Crippen LogP contribution in [0.1, 0.15) is 13.3 Å². The Labute approximate surface area is 206 Å². The first-order chi connectivity index (χ1) is 15.1. The number of hydrogen-bond donors (Lipinski definition) is 3. The molecular weight excluding hydrogens is 521 g/mol. The Morgan fingerprint density at radius 2 is 2.03 bits per heavy atom. The molecule has 3 rings (SSSR count). The van der Waals surface area contributed by atoms with Crippen LogP contribution in [-0.2, 0) is 4.79 Å². The van der Waals surface area contributed by atoms with Gasteiger partial charge in [0.15, 0.2) is 5.96 Å². The maximum Gasteiger partial charge on any atom is 0.221 e. The third kappa shape index (κ3) is 7.47. The van der Waals surface area contributed by atoms with Crippen LogP contribution in [0.5, 0.6) is 11.5 Å². The van der Waals surface area contributed by atoms with Crippen molar-refractivity contribution >= 4 is 47.2 Å². The van der Waals surface area contributed by atoms with Crippen LogP contribution in [0, 0.1) is 0 Å². The van der Waals surface area contributed by atoms with Gasteiger partial charge in [0, 0.05) is 44.9 Å². The van der Waals surface area contributed by atoms with Gasteiger partial charge in [-0.1, -0.05) is 18.2 Å². The van der Waals surface area contributed by atoms with Crippen LogP contribution >= 0.6 is 24.0 Å². The second kappa shape index (κ2) is 13.0. The molecule has 1 heterocycles. The second-order valence-electron chi connectivity index (χ2n) is 7.30. The molecule has 0 bridgehead atoms. The summed E-state index contributed by atoms with van der Waals surface area (Å²) in [5.74, 6) is 2.25. The molecule has 1 aliphatic heterocycles. The van der Waals surface area contributed by atoms with Gasteiger partial charge < -0.3 is 30.3 Å². The van der Waals surface area contributed by atoms with Crippen molar-refractivity contribution in [1.82, 2.24) is 10.6 Å². The number of para-hydroxylation sites is 2. The van der Waals surface area contributed by atoms with Crippen molar-refractivity contribution in [3.05, 3.63) is 48.5 Å². The van der Waals surface area contributed by atoms with Crippen LogP contribution in [0.3, 0.4) is 0 Å². The van der Waals surface area contributed by atoms with Gasteiger partial charge in [-0.25, -0.2) is 0 Å². The number of ether oxygens (including phenoxy) is 2. The zero-order chi connectivity index (χ0) is 22.1. The number of amides is 1. The fraction of sp³-hybridized carbons (Fsp3) is 0.391. The molecule has 32 heavy (non-hydrogen) atoms. The van der Waals surface area contributed by atoms with E-state index in [1.165, 1.54) is 6.92 Å². The topological polar surface area (TPSA) is 87.2 Å². The van der Waals surface area contributed by atoms with Gasteiger partial charge >= 0.3 is 0 Å². The fourth-order valence-electron chi connectivity index (χ4n) is 3.58. The van der Waals surface area contributed by atoms with E-state index in [1.807, 2.05) is 36.4 Å². The predicted molar refractivity (Wildman–Crippen MR) is 140 cm³/mol. The Bertz CT molecular complexity index is 909. The Morgan fingerprint density at radius 1 is 1.22 bits per heavy atom. The zero-order valence-corrected chi connectivity index (χ0v) is 21.1. The number of anilines is 2. The Hall–Kier alpha value is -2.69. The lowest BCUT2D eigenvalue weighted by Crippen LogP contribution is -2.45. The molecule has 0 aliphatic carbocycles. The number of methoxy groups -OCH3 is 1. The quantitative estimate of drug-likeness (QED) is 0.202. The molecule has 3 N–H and O–H groups in total. The number of halogens is 1. The predicted octanol–water partition coefficient (Wildman–Crippen LogP) is 3.09. The number of benzene rings is 2. The minimum atomic E-state index is -0.107. The summed E-state index contributed by atoms with van der Waals surface area (Å²) < 4.78 is 11.3. The van der Waals surface area contributed by atoms with Gasteiger partial charge in [-0.05, 0) is 30.7 Å². The van der Waals surface area contributed by atoms with E-state index in [4.69, 9.17) is 9.47 Å². The summed E-state index contributed by atoms with van der Waals surface area (Å²) in [6, 6.07) is 15.7. The molecule has 0 spiro atoms. The minimum Gasteiger partial charge on any atom is -0.495 e. The standard InChI is InChI=1S/C23H31N5O3.HI/c1-17(29)26-18-7-6-8-20(15-18)31-14-12-25-23(24-2)27-19-11-13-28(16-19)21-9-4-5-10-22(21)30-3;/h4-10,15,19H,11-14,16H2,1-3H3,(H,26,29)(H2,24,25,27);1H. The number of nitrogens with zero attached hydrogens (tertiary/aromatic N) is 2. The SMILES string of the molecule is CN=C(NCCOc1cccc(NC(C)=O)c1)NC1CCN(c2ccccc2OC)C1.I. The molecular formula is C23H32IN5O3. The van der Waals surface area contributed by atoms with Gasteiger partial charge in [-0.15, -0.1) is 24.0 Å². The highest BCUT2D eigenvalue weighted by atomic mass is 127. The smallest absolute Gasteiger partial charge is 0.221 e. The molecule has 8 nitrogen and oxygen atoms in total. The first kappa shape index (κ1) is 25.6. The van der Waals surface area contributed by atoms with Gasteiger partial charge in [0.05, 0.1) is 19.3 Å². The van der Waals surface area contributed by atoms with Gasteiger partial charge in [0.2, 0.25) is 5.91 Å². The van der Waals surface area contributed by atoms with Gasteiger partial charge in [-0.3, -0.25) is 9.79 Å². The van der Waals surface area contributed by atoms with E-state index in [0.29, 0.717) is 24.9 Å². The van der Waals surface area contributed by atoms with E-state index in [9.17, 15) is 4.79 Å². The summed E-state index contributed by atoms with van der Waals surface area (Å²) in [4.78, 5) is 17.8. The van der Waals surface area contributed by atoms with Crippen LogP contribution in [0.15, 0.2) is 53.5 Å². The molecule has 2 aromatic rings. The molecule has 174 valence electrons. The van der Waals surface area contributed by atoms with E-state index in [2.05, 4.69) is 31.9 Å². The van der Waals surface area contributed by atoms with Crippen molar-refractivity contribution in [2.24, 2.45) is 4.99 Å². The molecule has 0 radical (unpaired) electrons. The molecule has 0 saturated carbocycles. The number of rotatable bonds is 8. The van der Waals surface area contributed by atoms with Gasteiger partial charge in [0.25, 0.3) is 0 Å². The summed E-state index contributed by atoms with van der Waals surface area (Å²) in [7, 11) is 3.47. The van der Waals surface area contributed by atoms with Crippen molar-refractivity contribution in [2.75, 3.05) is 50.6 Å². The van der Waals surface area contributed by atoms with Crippen LogP contribution in [0.25, 0.3) is 0 Å². The Morgan fingerprint density at radius 3 is 2.78 bits per heavy atom. The van der Waals surface area contributed by atoms with Crippen molar-refractivity contribution in [2.45, 2.75) is 19.4 Å². The number of guanidine groups is 1. The van der Waals surface area contributed by atoms with E-state index in [1.54, 1.807) is 20.2 Å². The first-order valence-electron chi connectivity index (χ1n) is 10.4. The number of hydrogen-bond acceptors (Lipinski definition) is 5. The number of carbonyl (C=O) groups is 1. The molecule has 9 heteroatoms. The first-order valence-corrected chi connectivity index (χ1v) is 10.4. The molecule has 1 atom stereocenters.